The average molecular weight is 687 g/mol. The molecule has 1 atom stereocenters. The van der Waals surface area contributed by atoms with Gasteiger partial charge in [0.1, 0.15) is 35.6 Å². The monoisotopic (exact) mass is 686 g/mol. The average Bonchev–Trinajstić information content (AvgIpc) is 3.18. The topological polar surface area (TPSA) is 86.3 Å². The minimum atomic E-state index is -0.852. The number of fused-ring (bicyclic) bond motifs is 1. The van der Waals surface area contributed by atoms with Crippen molar-refractivity contribution in [2.75, 3.05) is 21.3 Å². The van der Waals surface area contributed by atoms with E-state index in [1.165, 1.54) is 6.42 Å². The molecule has 0 aliphatic heterocycles. The maximum Gasteiger partial charge on any atom is 0.247 e. The number of nitrogens with one attached hydrogen (secondary N) is 1. The summed E-state index contributed by atoms with van der Waals surface area (Å²) in [6.45, 7) is 0.672. The van der Waals surface area contributed by atoms with Crippen LogP contribution in [0.5, 0.6) is 23.0 Å². The highest BCUT2D eigenvalue weighted by Gasteiger charge is 2.33. The second-order valence-corrected chi connectivity index (χ2v) is 13.0. The van der Waals surface area contributed by atoms with Crippen LogP contribution in [0.2, 0.25) is 0 Å². The number of ether oxygens (including phenoxy) is 4. The number of hydrogen-bond donors (Lipinski definition) is 1. The fraction of sp³-hybridized carbons (Fsp3) is 0.302. The van der Waals surface area contributed by atoms with Crippen LogP contribution in [0.4, 0.5) is 0 Å². The van der Waals surface area contributed by atoms with Crippen molar-refractivity contribution in [3.8, 4) is 23.0 Å². The molecule has 0 saturated heterocycles. The number of methoxy groups -OCH3 is 3. The Morgan fingerprint density at radius 1 is 0.647 bits per heavy atom. The summed E-state index contributed by atoms with van der Waals surface area (Å²) < 4.78 is 22.1. The Kier molecular flexibility index (Phi) is 11.7. The minimum Gasteiger partial charge on any atom is -0.497 e. The predicted molar refractivity (Wildman–Crippen MR) is 199 cm³/mol. The van der Waals surface area contributed by atoms with Crippen LogP contribution in [0.1, 0.15) is 60.4 Å². The molecule has 0 heterocycles. The molecule has 1 N–H and O–H groups in total. The van der Waals surface area contributed by atoms with Crippen LogP contribution in [-0.4, -0.2) is 44.1 Å². The molecule has 0 radical (unpaired) electrons. The van der Waals surface area contributed by atoms with Gasteiger partial charge in [0.25, 0.3) is 0 Å². The van der Waals surface area contributed by atoms with E-state index in [0.717, 1.165) is 81.7 Å². The molecule has 0 bridgehead atoms. The van der Waals surface area contributed by atoms with Crippen molar-refractivity contribution in [3.63, 3.8) is 0 Å². The number of benzene rings is 5. The summed E-state index contributed by atoms with van der Waals surface area (Å²) in [7, 11) is 4.89. The number of amides is 2. The van der Waals surface area contributed by atoms with Gasteiger partial charge >= 0.3 is 0 Å². The zero-order valence-electron chi connectivity index (χ0n) is 29.6. The first-order chi connectivity index (χ1) is 24.9. The number of carbonyl (C=O) groups excluding carboxylic acids is 2. The zero-order valence-corrected chi connectivity index (χ0v) is 29.6. The number of carbonyl (C=O) groups is 2. The summed E-state index contributed by atoms with van der Waals surface area (Å²) in [6.07, 6.45) is 5.36. The molecule has 5 aromatic carbocycles. The van der Waals surface area contributed by atoms with Crippen LogP contribution < -0.4 is 24.3 Å². The second-order valence-electron chi connectivity index (χ2n) is 13.0. The van der Waals surface area contributed by atoms with Crippen LogP contribution >= 0.6 is 0 Å². The molecule has 0 aromatic heterocycles. The summed E-state index contributed by atoms with van der Waals surface area (Å²) in [5.74, 6) is 2.67. The van der Waals surface area contributed by atoms with Crippen molar-refractivity contribution < 1.29 is 28.5 Å². The molecule has 1 saturated carbocycles. The molecule has 264 valence electrons. The van der Waals surface area contributed by atoms with Crippen molar-refractivity contribution in [2.45, 2.75) is 63.8 Å². The van der Waals surface area contributed by atoms with Gasteiger partial charge in [-0.05, 0) is 100 Å². The van der Waals surface area contributed by atoms with E-state index in [0.29, 0.717) is 6.61 Å². The molecular formula is C43H46N2O6. The van der Waals surface area contributed by atoms with Gasteiger partial charge in [-0.2, -0.15) is 0 Å². The van der Waals surface area contributed by atoms with Gasteiger partial charge in [-0.15, -0.1) is 0 Å². The number of nitrogens with zero attached hydrogens (tertiary/aromatic N) is 1. The van der Waals surface area contributed by atoms with Crippen molar-refractivity contribution in [1.82, 2.24) is 10.2 Å². The van der Waals surface area contributed by atoms with E-state index >= 15 is 0 Å². The summed E-state index contributed by atoms with van der Waals surface area (Å²) in [4.78, 5) is 30.6. The summed E-state index contributed by atoms with van der Waals surface area (Å²) in [5.41, 5.74) is 3.52. The first kappa shape index (κ1) is 35.3. The molecular weight excluding hydrogens is 640 g/mol. The maximum absolute atomic E-state index is 14.5. The van der Waals surface area contributed by atoms with Gasteiger partial charge in [-0.1, -0.05) is 73.9 Å². The Hall–Kier alpha value is -5.50. The maximum atomic E-state index is 14.5. The van der Waals surface area contributed by atoms with E-state index in [9.17, 15) is 9.59 Å². The van der Waals surface area contributed by atoms with Gasteiger partial charge in [-0.25, -0.2) is 0 Å². The van der Waals surface area contributed by atoms with Crippen molar-refractivity contribution in [3.05, 3.63) is 131 Å². The fourth-order valence-electron chi connectivity index (χ4n) is 6.66. The van der Waals surface area contributed by atoms with Crippen molar-refractivity contribution >= 4 is 22.6 Å². The second kappa shape index (κ2) is 16.9. The van der Waals surface area contributed by atoms with Crippen LogP contribution in [0, 0.1) is 0 Å². The van der Waals surface area contributed by atoms with E-state index in [4.69, 9.17) is 18.9 Å². The molecule has 1 unspecified atom stereocenters. The Morgan fingerprint density at radius 3 is 1.78 bits per heavy atom. The summed E-state index contributed by atoms with van der Waals surface area (Å²) in [6, 6.07) is 34.1. The molecule has 1 fully saturated rings. The molecule has 6 rings (SSSR count). The van der Waals surface area contributed by atoms with Gasteiger partial charge in [0.15, 0.2) is 0 Å². The van der Waals surface area contributed by atoms with Crippen molar-refractivity contribution in [2.24, 2.45) is 0 Å². The van der Waals surface area contributed by atoms with Crippen LogP contribution in [0.15, 0.2) is 109 Å². The Morgan fingerprint density at radius 2 is 1.18 bits per heavy atom. The lowest BCUT2D eigenvalue weighted by Gasteiger charge is -2.34. The first-order valence-corrected chi connectivity index (χ1v) is 17.6. The van der Waals surface area contributed by atoms with Crippen LogP contribution in [0.25, 0.3) is 10.8 Å². The quantitative estimate of drug-likeness (QED) is 0.127. The lowest BCUT2D eigenvalue weighted by molar-refractivity contribution is -0.141. The van der Waals surface area contributed by atoms with Crippen LogP contribution in [-0.2, 0) is 29.2 Å². The van der Waals surface area contributed by atoms with E-state index in [-0.39, 0.29) is 30.8 Å². The first-order valence-electron chi connectivity index (χ1n) is 17.6. The Labute approximate surface area is 300 Å². The zero-order chi connectivity index (χ0) is 35.6. The molecule has 8 nitrogen and oxygen atoms in total. The summed E-state index contributed by atoms with van der Waals surface area (Å²) >= 11 is 0. The third kappa shape index (κ3) is 9.19. The van der Waals surface area contributed by atoms with E-state index in [1.54, 1.807) is 26.2 Å². The standard InChI is InChI=1S/C43H46N2O6/c1-48-37-18-9-30(10-19-37)25-41(46)45(28-31-11-20-38(49-2)21-12-31)42(43(47)44-36-7-5-4-6-8-36)35-16-15-34-27-40(24-17-33(34)26-35)51-29-32-13-22-39(50-3)23-14-32/h9-24,26-27,36,42H,4-8,25,28-29H2,1-3H3,(H,44,47). The lowest BCUT2D eigenvalue weighted by atomic mass is 9.94. The normalized spacial score (nSPS) is 13.6. The molecule has 8 heteroatoms. The smallest absolute Gasteiger partial charge is 0.247 e. The molecule has 5 aromatic rings. The Bertz CT molecular complexity index is 1900. The van der Waals surface area contributed by atoms with Crippen LogP contribution in [0.3, 0.4) is 0 Å². The van der Waals surface area contributed by atoms with Gasteiger partial charge in [-0.3, -0.25) is 9.59 Å². The van der Waals surface area contributed by atoms with E-state index < -0.39 is 6.04 Å². The lowest BCUT2D eigenvalue weighted by Crippen LogP contribution is -2.47. The van der Waals surface area contributed by atoms with Gasteiger partial charge < -0.3 is 29.2 Å². The molecule has 0 spiro atoms. The third-order valence-corrected chi connectivity index (χ3v) is 9.57. The Balaban J connectivity index is 1.32. The number of rotatable bonds is 14. The molecule has 1 aliphatic rings. The van der Waals surface area contributed by atoms with Gasteiger partial charge in [0, 0.05) is 12.6 Å². The highest BCUT2D eigenvalue weighted by molar-refractivity contribution is 5.92. The highest BCUT2D eigenvalue weighted by atomic mass is 16.5. The highest BCUT2D eigenvalue weighted by Crippen LogP contribution is 2.31. The largest absolute Gasteiger partial charge is 0.497 e. The fourth-order valence-corrected chi connectivity index (χ4v) is 6.66. The predicted octanol–water partition coefficient (Wildman–Crippen LogP) is 8.21. The molecule has 2 amide bonds. The van der Waals surface area contributed by atoms with E-state index in [2.05, 4.69) is 5.32 Å². The summed E-state index contributed by atoms with van der Waals surface area (Å²) in [5, 5.41) is 5.26. The third-order valence-electron chi connectivity index (χ3n) is 9.57. The molecule has 51 heavy (non-hydrogen) atoms. The van der Waals surface area contributed by atoms with Gasteiger partial charge in [0.05, 0.1) is 27.8 Å². The van der Waals surface area contributed by atoms with E-state index in [1.807, 2.05) is 109 Å². The number of hydrogen-bond acceptors (Lipinski definition) is 6. The van der Waals surface area contributed by atoms with Crippen molar-refractivity contribution in [1.29, 1.82) is 0 Å². The minimum absolute atomic E-state index is 0.0825. The SMILES string of the molecule is COc1ccc(COc2ccc3cc(C(C(=O)NC4CCCCC4)N(Cc4ccc(OC)cc4)C(=O)Cc4ccc(OC)cc4)ccc3c2)cc1. The molecule has 1 aliphatic carbocycles. The van der Waals surface area contributed by atoms with Gasteiger partial charge in [0.2, 0.25) is 11.8 Å².